The molecule has 0 aromatic heterocycles. The Morgan fingerprint density at radius 2 is 1.36 bits per heavy atom. The van der Waals surface area contributed by atoms with Crippen molar-refractivity contribution in [3.05, 3.63) is 29.8 Å². The van der Waals surface area contributed by atoms with Crippen molar-refractivity contribution in [3.8, 4) is 5.75 Å². The summed E-state index contributed by atoms with van der Waals surface area (Å²) in [6.45, 7) is 2.91. The smallest absolute Gasteiger partial charge is 0.416 e. The van der Waals surface area contributed by atoms with E-state index < -0.39 is 11.7 Å². The summed E-state index contributed by atoms with van der Waals surface area (Å²) < 4.78 is 43.6. The lowest BCUT2D eigenvalue weighted by atomic mass is 9.69. The van der Waals surface area contributed by atoms with Crippen LogP contribution in [0.25, 0.3) is 0 Å². The van der Waals surface area contributed by atoms with Crippen LogP contribution in [0.2, 0.25) is 0 Å². The Kier molecular flexibility index (Phi) is 7.70. The van der Waals surface area contributed by atoms with Crippen molar-refractivity contribution in [3.63, 3.8) is 0 Å². The van der Waals surface area contributed by atoms with Gasteiger partial charge in [0.15, 0.2) is 0 Å². The molecule has 0 spiro atoms. The number of benzene rings is 1. The van der Waals surface area contributed by atoms with Gasteiger partial charge >= 0.3 is 6.18 Å². The molecule has 0 radical (unpaired) electrons. The predicted molar refractivity (Wildman–Crippen MR) is 107 cm³/mol. The number of unbranched alkanes of at least 4 members (excludes halogenated alkanes) is 1. The summed E-state index contributed by atoms with van der Waals surface area (Å²) in [4.78, 5) is 0. The molecule has 2 fully saturated rings. The summed E-state index contributed by atoms with van der Waals surface area (Å²) in [5.74, 6) is 3.87. The molecule has 158 valence electrons. The highest BCUT2D eigenvalue weighted by atomic mass is 19.4. The molecule has 3 rings (SSSR count). The van der Waals surface area contributed by atoms with Gasteiger partial charge in [0.2, 0.25) is 0 Å². The molecule has 0 unspecified atom stereocenters. The van der Waals surface area contributed by atoms with E-state index >= 15 is 0 Å². The van der Waals surface area contributed by atoms with E-state index in [0.717, 1.165) is 29.9 Å². The average molecular weight is 397 g/mol. The maximum absolute atomic E-state index is 12.6. The largest absolute Gasteiger partial charge is 0.493 e. The molecule has 28 heavy (non-hydrogen) atoms. The minimum absolute atomic E-state index is 0.541. The second-order valence-electron chi connectivity index (χ2n) is 9.04. The molecular weight excluding hydrogens is 361 g/mol. The molecule has 2 aliphatic carbocycles. The zero-order valence-corrected chi connectivity index (χ0v) is 17.1. The molecule has 0 atom stereocenters. The molecular formula is C24H35F3O. The van der Waals surface area contributed by atoms with Gasteiger partial charge in [-0.2, -0.15) is 13.2 Å². The highest BCUT2D eigenvalue weighted by Gasteiger charge is 2.31. The van der Waals surface area contributed by atoms with Crippen molar-refractivity contribution >= 4 is 0 Å². The topological polar surface area (TPSA) is 9.23 Å². The first-order valence-electron chi connectivity index (χ1n) is 11.3. The second-order valence-corrected chi connectivity index (χ2v) is 9.04. The van der Waals surface area contributed by atoms with Crippen LogP contribution >= 0.6 is 0 Å². The first-order valence-corrected chi connectivity index (χ1v) is 11.3. The van der Waals surface area contributed by atoms with E-state index in [1.807, 2.05) is 0 Å². The standard InChI is InChI=1S/C24H35F3O/c1-2-3-4-18-5-9-20(10-6-18)21-11-7-19(8-12-21)17-28-23-15-13-22(14-16-23)24(25,26)27/h13-16,18-21H,2-12,17H2,1H3. The number of halogens is 3. The van der Waals surface area contributed by atoms with E-state index in [1.54, 1.807) is 0 Å². The van der Waals surface area contributed by atoms with Gasteiger partial charge in [0.1, 0.15) is 5.75 Å². The second kappa shape index (κ2) is 10.0. The first kappa shape index (κ1) is 21.5. The number of hydrogen-bond donors (Lipinski definition) is 0. The molecule has 0 bridgehead atoms. The van der Waals surface area contributed by atoms with Crippen LogP contribution in [0.1, 0.15) is 83.1 Å². The van der Waals surface area contributed by atoms with Gasteiger partial charge in [0.05, 0.1) is 12.2 Å². The lowest BCUT2D eigenvalue weighted by molar-refractivity contribution is -0.137. The van der Waals surface area contributed by atoms with Gasteiger partial charge in [-0.15, -0.1) is 0 Å². The van der Waals surface area contributed by atoms with Crippen LogP contribution in [-0.2, 0) is 6.18 Å². The summed E-state index contributed by atoms with van der Waals surface area (Å²) in [5, 5.41) is 0. The van der Waals surface area contributed by atoms with Gasteiger partial charge in [0.25, 0.3) is 0 Å². The third kappa shape index (κ3) is 6.15. The van der Waals surface area contributed by atoms with Crippen molar-refractivity contribution in [1.29, 1.82) is 0 Å². The Hall–Kier alpha value is -1.19. The molecule has 0 heterocycles. The number of rotatable bonds is 7. The molecule has 1 nitrogen and oxygen atoms in total. The first-order chi connectivity index (χ1) is 13.5. The maximum Gasteiger partial charge on any atom is 0.416 e. The Bertz CT molecular complexity index is 565. The molecule has 1 aromatic carbocycles. The van der Waals surface area contributed by atoms with Crippen molar-refractivity contribution in [2.24, 2.45) is 23.7 Å². The number of ether oxygens (including phenoxy) is 1. The maximum atomic E-state index is 12.6. The van der Waals surface area contributed by atoms with E-state index in [0.29, 0.717) is 18.3 Å². The number of alkyl halides is 3. The van der Waals surface area contributed by atoms with E-state index in [1.165, 1.54) is 82.8 Å². The molecule has 0 aliphatic heterocycles. The summed E-state index contributed by atoms with van der Waals surface area (Å²) in [5.41, 5.74) is -0.621. The fourth-order valence-electron chi connectivity index (χ4n) is 5.22. The van der Waals surface area contributed by atoms with Crippen LogP contribution in [0.15, 0.2) is 24.3 Å². The zero-order valence-electron chi connectivity index (χ0n) is 17.1. The normalized spacial score (nSPS) is 28.9. The highest BCUT2D eigenvalue weighted by Crippen LogP contribution is 2.42. The van der Waals surface area contributed by atoms with Crippen LogP contribution < -0.4 is 4.74 Å². The molecule has 1 aromatic rings. The van der Waals surface area contributed by atoms with Crippen LogP contribution in [-0.4, -0.2) is 6.61 Å². The van der Waals surface area contributed by atoms with E-state index in [2.05, 4.69) is 6.92 Å². The summed E-state index contributed by atoms with van der Waals surface area (Å²) >= 11 is 0. The van der Waals surface area contributed by atoms with Crippen LogP contribution in [0.4, 0.5) is 13.2 Å². The van der Waals surface area contributed by atoms with Crippen molar-refractivity contribution in [2.75, 3.05) is 6.61 Å². The third-order valence-corrected chi connectivity index (χ3v) is 7.08. The lowest BCUT2D eigenvalue weighted by Gasteiger charge is -2.38. The minimum Gasteiger partial charge on any atom is -0.493 e. The quantitative estimate of drug-likeness (QED) is 0.455. The SMILES string of the molecule is CCCCC1CCC(C2CCC(COc3ccc(C(F)(F)F)cc3)CC2)CC1. The zero-order chi connectivity index (χ0) is 20.0. The van der Waals surface area contributed by atoms with Gasteiger partial charge in [-0.05, 0) is 86.5 Å². The van der Waals surface area contributed by atoms with Gasteiger partial charge < -0.3 is 4.74 Å². The Labute approximate surface area is 168 Å². The molecule has 0 N–H and O–H groups in total. The molecule has 2 aliphatic rings. The third-order valence-electron chi connectivity index (χ3n) is 7.08. The lowest BCUT2D eigenvalue weighted by Crippen LogP contribution is -2.27. The molecule has 2 saturated carbocycles. The van der Waals surface area contributed by atoms with E-state index in [-0.39, 0.29) is 0 Å². The Morgan fingerprint density at radius 1 is 0.821 bits per heavy atom. The monoisotopic (exact) mass is 396 g/mol. The van der Waals surface area contributed by atoms with E-state index in [4.69, 9.17) is 4.74 Å². The highest BCUT2D eigenvalue weighted by molar-refractivity contribution is 5.28. The van der Waals surface area contributed by atoms with Crippen LogP contribution in [0, 0.1) is 23.7 Å². The van der Waals surface area contributed by atoms with Gasteiger partial charge in [-0.1, -0.05) is 39.0 Å². The van der Waals surface area contributed by atoms with Crippen LogP contribution in [0.3, 0.4) is 0 Å². The molecule has 4 heteroatoms. The van der Waals surface area contributed by atoms with E-state index in [9.17, 15) is 13.2 Å². The Balaban J connectivity index is 1.35. The fraction of sp³-hybridized carbons (Fsp3) is 0.750. The van der Waals surface area contributed by atoms with Crippen molar-refractivity contribution < 1.29 is 17.9 Å². The summed E-state index contributed by atoms with van der Waals surface area (Å²) in [6.07, 6.45) is 10.5. The minimum atomic E-state index is -4.29. The fourth-order valence-corrected chi connectivity index (χ4v) is 5.22. The van der Waals surface area contributed by atoms with Crippen molar-refractivity contribution in [2.45, 2.75) is 83.7 Å². The summed E-state index contributed by atoms with van der Waals surface area (Å²) in [7, 11) is 0. The van der Waals surface area contributed by atoms with Gasteiger partial charge in [0, 0.05) is 0 Å². The Morgan fingerprint density at radius 3 is 1.86 bits per heavy atom. The molecule has 0 saturated heterocycles. The van der Waals surface area contributed by atoms with Gasteiger partial charge in [-0.25, -0.2) is 0 Å². The van der Waals surface area contributed by atoms with Crippen molar-refractivity contribution in [1.82, 2.24) is 0 Å². The summed E-state index contributed by atoms with van der Waals surface area (Å²) in [6, 6.07) is 5.07. The molecule has 0 amide bonds. The number of hydrogen-bond acceptors (Lipinski definition) is 1. The predicted octanol–water partition coefficient (Wildman–Crippen LogP) is 7.89. The van der Waals surface area contributed by atoms with Gasteiger partial charge in [-0.3, -0.25) is 0 Å². The average Bonchev–Trinajstić information content (AvgIpc) is 2.71. The van der Waals surface area contributed by atoms with Crippen LogP contribution in [0.5, 0.6) is 5.75 Å².